The number of hydrogen-bond acceptors (Lipinski definition) is 4. The lowest BCUT2D eigenvalue weighted by molar-refractivity contribution is -0.139. The number of hydrogen-bond donors (Lipinski definition) is 2. The van der Waals surface area contributed by atoms with Crippen LogP contribution >= 0.6 is 0 Å². The lowest BCUT2D eigenvalue weighted by atomic mass is 10.1. The van der Waals surface area contributed by atoms with Crippen molar-refractivity contribution < 1.29 is 14.6 Å². The van der Waals surface area contributed by atoms with Crippen LogP contribution in [0.25, 0.3) is 0 Å². The summed E-state index contributed by atoms with van der Waals surface area (Å²) in [6.45, 7) is 10.4. The Morgan fingerprint density at radius 1 is 1.47 bits per heavy atom. The Kier molecular flexibility index (Phi) is 6.20. The van der Waals surface area contributed by atoms with Gasteiger partial charge in [-0.25, -0.2) is 4.79 Å². The van der Waals surface area contributed by atoms with E-state index in [1.807, 2.05) is 0 Å². The topological polar surface area (TPSA) is 58.6 Å². The van der Waals surface area contributed by atoms with Gasteiger partial charge < -0.3 is 15.2 Å². The second-order valence-corrected chi connectivity index (χ2v) is 4.43. The minimum Gasteiger partial charge on any atom is -0.462 e. The summed E-state index contributed by atoms with van der Waals surface area (Å²) < 4.78 is 4.87. The first-order valence-electron chi connectivity index (χ1n) is 5.07. The van der Waals surface area contributed by atoms with Crippen LogP contribution in [0.3, 0.4) is 0 Å². The van der Waals surface area contributed by atoms with E-state index in [0.29, 0.717) is 6.61 Å². The number of carbonyl (C=O) groups excluding carboxylic acids is 1. The van der Waals surface area contributed by atoms with Crippen molar-refractivity contribution in [1.29, 1.82) is 0 Å². The van der Waals surface area contributed by atoms with Crippen molar-refractivity contribution in [2.45, 2.75) is 32.7 Å². The Morgan fingerprint density at radius 2 is 2.07 bits per heavy atom. The molecule has 4 heteroatoms. The Hall–Kier alpha value is -0.870. The van der Waals surface area contributed by atoms with Gasteiger partial charge in [0.2, 0.25) is 0 Å². The van der Waals surface area contributed by atoms with Gasteiger partial charge in [-0.2, -0.15) is 0 Å². The third-order valence-electron chi connectivity index (χ3n) is 1.69. The van der Waals surface area contributed by atoms with Gasteiger partial charge in [0.25, 0.3) is 0 Å². The van der Waals surface area contributed by atoms with E-state index in [9.17, 15) is 4.79 Å². The predicted molar refractivity (Wildman–Crippen MR) is 59.6 cm³/mol. The SMILES string of the molecule is C=C(CO)C(=O)OCCCNC(C)(C)C. The molecule has 0 aromatic rings. The molecule has 0 aliphatic rings. The van der Waals surface area contributed by atoms with E-state index in [1.54, 1.807) is 0 Å². The predicted octanol–water partition coefficient (Wildman–Crippen LogP) is 0.856. The maximum atomic E-state index is 11.0. The van der Waals surface area contributed by atoms with Gasteiger partial charge in [0.15, 0.2) is 0 Å². The molecule has 0 amide bonds. The van der Waals surface area contributed by atoms with E-state index >= 15 is 0 Å². The molecule has 0 saturated carbocycles. The lowest BCUT2D eigenvalue weighted by Gasteiger charge is -2.20. The number of carbonyl (C=O) groups is 1. The summed E-state index contributed by atoms with van der Waals surface area (Å²) in [5.41, 5.74) is 0.178. The molecular weight excluding hydrogens is 194 g/mol. The van der Waals surface area contributed by atoms with E-state index in [1.165, 1.54) is 0 Å². The van der Waals surface area contributed by atoms with Crippen LogP contribution in [-0.2, 0) is 9.53 Å². The molecular formula is C11H21NO3. The molecule has 88 valence electrons. The molecule has 0 aliphatic heterocycles. The number of aliphatic hydroxyl groups excluding tert-OH is 1. The zero-order chi connectivity index (χ0) is 11.9. The van der Waals surface area contributed by atoms with Crippen LogP contribution in [0.4, 0.5) is 0 Å². The van der Waals surface area contributed by atoms with Crippen molar-refractivity contribution in [3.05, 3.63) is 12.2 Å². The molecule has 0 spiro atoms. The molecule has 0 bridgehead atoms. The van der Waals surface area contributed by atoms with E-state index < -0.39 is 5.97 Å². The Morgan fingerprint density at radius 3 is 2.53 bits per heavy atom. The van der Waals surface area contributed by atoms with Crippen LogP contribution in [0.1, 0.15) is 27.2 Å². The first kappa shape index (κ1) is 14.1. The molecule has 0 aromatic carbocycles. The van der Waals surface area contributed by atoms with Gasteiger partial charge in [-0.3, -0.25) is 0 Å². The second kappa shape index (κ2) is 6.58. The third kappa shape index (κ3) is 8.15. The average Bonchev–Trinajstić information content (AvgIpc) is 2.14. The zero-order valence-electron chi connectivity index (χ0n) is 9.80. The standard InChI is InChI=1S/C11H21NO3/c1-9(8-13)10(14)15-7-5-6-12-11(2,3)4/h12-13H,1,5-8H2,2-4H3. The highest BCUT2D eigenvalue weighted by Gasteiger charge is 2.09. The fraction of sp³-hybridized carbons (Fsp3) is 0.727. The van der Waals surface area contributed by atoms with Crippen molar-refractivity contribution in [2.24, 2.45) is 0 Å². The number of nitrogens with one attached hydrogen (secondary N) is 1. The van der Waals surface area contributed by atoms with Crippen molar-refractivity contribution >= 4 is 5.97 Å². The molecule has 0 rings (SSSR count). The molecule has 0 radical (unpaired) electrons. The third-order valence-corrected chi connectivity index (χ3v) is 1.69. The van der Waals surface area contributed by atoms with Crippen LogP contribution in [0.5, 0.6) is 0 Å². The van der Waals surface area contributed by atoms with Crippen molar-refractivity contribution in [1.82, 2.24) is 5.32 Å². The van der Waals surface area contributed by atoms with Crippen LogP contribution in [0.2, 0.25) is 0 Å². The average molecular weight is 215 g/mol. The van der Waals surface area contributed by atoms with Crippen LogP contribution in [-0.4, -0.2) is 36.4 Å². The Bertz CT molecular complexity index is 218. The van der Waals surface area contributed by atoms with Crippen molar-refractivity contribution in [2.75, 3.05) is 19.8 Å². The monoisotopic (exact) mass is 215 g/mol. The van der Waals surface area contributed by atoms with E-state index in [0.717, 1.165) is 13.0 Å². The first-order chi connectivity index (χ1) is 6.87. The van der Waals surface area contributed by atoms with Gasteiger partial charge >= 0.3 is 5.97 Å². The summed E-state index contributed by atoms with van der Waals surface area (Å²) in [5, 5.41) is 11.9. The Labute approximate surface area is 91.3 Å². The number of esters is 1. The summed E-state index contributed by atoms with van der Waals surface area (Å²) in [4.78, 5) is 11.0. The highest BCUT2D eigenvalue weighted by molar-refractivity contribution is 5.87. The van der Waals surface area contributed by atoms with Crippen LogP contribution < -0.4 is 5.32 Å². The molecule has 2 N–H and O–H groups in total. The highest BCUT2D eigenvalue weighted by atomic mass is 16.5. The summed E-state index contributed by atoms with van der Waals surface area (Å²) in [7, 11) is 0. The maximum absolute atomic E-state index is 11.0. The van der Waals surface area contributed by atoms with Gasteiger partial charge in [-0.1, -0.05) is 6.58 Å². The van der Waals surface area contributed by atoms with Gasteiger partial charge in [-0.15, -0.1) is 0 Å². The van der Waals surface area contributed by atoms with Gasteiger partial charge in [-0.05, 0) is 33.7 Å². The number of aliphatic hydroxyl groups is 1. The molecule has 0 heterocycles. The van der Waals surface area contributed by atoms with Gasteiger partial charge in [0.05, 0.1) is 18.8 Å². The summed E-state index contributed by atoms with van der Waals surface area (Å²) in [5.74, 6) is -0.520. The second-order valence-electron chi connectivity index (χ2n) is 4.43. The smallest absolute Gasteiger partial charge is 0.335 e. The maximum Gasteiger partial charge on any atom is 0.335 e. The first-order valence-corrected chi connectivity index (χ1v) is 5.07. The van der Waals surface area contributed by atoms with E-state index in [-0.39, 0.29) is 17.7 Å². The van der Waals surface area contributed by atoms with Crippen LogP contribution in [0.15, 0.2) is 12.2 Å². The molecule has 0 atom stereocenters. The fourth-order valence-corrected chi connectivity index (χ4v) is 0.867. The van der Waals surface area contributed by atoms with Gasteiger partial charge in [0, 0.05) is 5.54 Å². The van der Waals surface area contributed by atoms with Crippen LogP contribution in [0, 0.1) is 0 Å². The Balaban J connectivity index is 3.47. The lowest BCUT2D eigenvalue weighted by Crippen LogP contribution is -2.36. The summed E-state index contributed by atoms with van der Waals surface area (Å²) in [6, 6.07) is 0. The zero-order valence-corrected chi connectivity index (χ0v) is 9.80. The molecule has 0 fully saturated rings. The normalized spacial score (nSPS) is 11.2. The quantitative estimate of drug-likeness (QED) is 0.392. The fourth-order valence-electron chi connectivity index (χ4n) is 0.867. The minimum absolute atomic E-state index is 0.0820. The van der Waals surface area contributed by atoms with E-state index in [4.69, 9.17) is 9.84 Å². The summed E-state index contributed by atoms with van der Waals surface area (Å²) >= 11 is 0. The molecule has 0 aliphatic carbocycles. The molecule has 0 saturated heterocycles. The molecule has 15 heavy (non-hydrogen) atoms. The van der Waals surface area contributed by atoms with Crippen molar-refractivity contribution in [3.8, 4) is 0 Å². The molecule has 0 aromatic heterocycles. The van der Waals surface area contributed by atoms with Crippen molar-refractivity contribution in [3.63, 3.8) is 0 Å². The number of rotatable bonds is 6. The largest absolute Gasteiger partial charge is 0.462 e. The number of ether oxygens (including phenoxy) is 1. The van der Waals surface area contributed by atoms with E-state index in [2.05, 4.69) is 32.7 Å². The highest BCUT2D eigenvalue weighted by Crippen LogP contribution is 1.98. The van der Waals surface area contributed by atoms with Gasteiger partial charge in [0.1, 0.15) is 0 Å². The molecule has 0 unspecified atom stereocenters. The molecule has 4 nitrogen and oxygen atoms in total. The summed E-state index contributed by atoms with van der Waals surface area (Å²) in [6.07, 6.45) is 0.752. The minimum atomic E-state index is -0.520.